The molecule has 2 aromatic rings. The van der Waals surface area contributed by atoms with Crippen LogP contribution in [0.4, 0.5) is 0 Å². The summed E-state index contributed by atoms with van der Waals surface area (Å²) in [4.78, 5) is 7.98. The fourth-order valence-electron chi connectivity index (χ4n) is 1.35. The van der Waals surface area contributed by atoms with Crippen molar-refractivity contribution in [3.8, 4) is 11.1 Å². The standard InChI is InChI=1S/C12H11N2/c1-2-10-4-3-5-11(6-10)12-7-13-9-14-8-12/h3-9H,1-2H2. The molecule has 0 spiro atoms. The van der Waals surface area contributed by atoms with E-state index >= 15 is 0 Å². The molecule has 1 aromatic carbocycles. The van der Waals surface area contributed by atoms with E-state index in [0.717, 1.165) is 17.5 Å². The minimum atomic E-state index is 0.807. The van der Waals surface area contributed by atoms with Crippen LogP contribution in [-0.4, -0.2) is 9.97 Å². The van der Waals surface area contributed by atoms with E-state index in [2.05, 4.69) is 35.1 Å². The number of aromatic nitrogens is 2. The van der Waals surface area contributed by atoms with Crippen LogP contribution >= 0.6 is 0 Å². The Morgan fingerprint density at radius 1 is 1.07 bits per heavy atom. The van der Waals surface area contributed by atoms with Gasteiger partial charge in [-0.05, 0) is 24.5 Å². The van der Waals surface area contributed by atoms with Crippen molar-refractivity contribution in [3.63, 3.8) is 0 Å². The van der Waals surface area contributed by atoms with Gasteiger partial charge in [0.05, 0.1) is 0 Å². The molecular formula is C12H11N2. The Hall–Kier alpha value is -1.70. The van der Waals surface area contributed by atoms with Crippen LogP contribution in [0.15, 0.2) is 43.0 Å². The lowest BCUT2D eigenvalue weighted by Crippen LogP contribution is -1.84. The van der Waals surface area contributed by atoms with Gasteiger partial charge in [0.15, 0.2) is 0 Å². The number of hydrogen-bond acceptors (Lipinski definition) is 2. The molecule has 1 heterocycles. The number of rotatable bonds is 2. The summed E-state index contributed by atoms with van der Waals surface area (Å²) in [5.41, 5.74) is 3.42. The first kappa shape index (κ1) is 8.88. The Morgan fingerprint density at radius 2 is 1.86 bits per heavy atom. The highest BCUT2D eigenvalue weighted by Gasteiger charge is 1.97. The highest BCUT2D eigenvalue weighted by Crippen LogP contribution is 2.18. The van der Waals surface area contributed by atoms with Gasteiger partial charge >= 0.3 is 0 Å². The number of nitrogens with zero attached hydrogens (tertiary/aromatic N) is 2. The van der Waals surface area contributed by atoms with Crippen molar-refractivity contribution in [3.05, 3.63) is 55.5 Å². The van der Waals surface area contributed by atoms with Crippen LogP contribution < -0.4 is 0 Å². The van der Waals surface area contributed by atoms with Crippen molar-refractivity contribution >= 4 is 0 Å². The molecule has 2 rings (SSSR count). The van der Waals surface area contributed by atoms with Crippen molar-refractivity contribution in [2.24, 2.45) is 0 Å². The van der Waals surface area contributed by atoms with Gasteiger partial charge in [-0.25, -0.2) is 9.97 Å². The van der Waals surface area contributed by atoms with Crippen LogP contribution in [0, 0.1) is 6.92 Å². The SMILES string of the molecule is [CH2]Cc1cccc(-c2cncnc2)c1. The second-order valence-electron chi connectivity index (χ2n) is 3.08. The lowest BCUT2D eigenvalue weighted by molar-refractivity contribution is 1.17. The normalized spacial score (nSPS) is 10.1. The summed E-state index contributed by atoms with van der Waals surface area (Å²) in [6.45, 7) is 3.86. The van der Waals surface area contributed by atoms with E-state index in [-0.39, 0.29) is 0 Å². The molecule has 0 fully saturated rings. The maximum Gasteiger partial charge on any atom is 0.115 e. The van der Waals surface area contributed by atoms with Gasteiger partial charge < -0.3 is 0 Å². The first-order valence-electron chi connectivity index (χ1n) is 4.54. The molecule has 2 heteroatoms. The smallest absolute Gasteiger partial charge is 0.115 e. The molecule has 1 radical (unpaired) electrons. The van der Waals surface area contributed by atoms with Crippen molar-refractivity contribution < 1.29 is 0 Å². The maximum absolute atomic E-state index is 3.99. The third-order valence-electron chi connectivity index (χ3n) is 2.11. The molecule has 0 amide bonds. The molecule has 0 unspecified atom stereocenters. The van der Waals surface area contributed by atoms with E-state index in [1.54, 1.807) is 0 Å². The second-order valence-corrected chi connectivity index (χ2v) is 3.08. The first-order valence-corrected chi connectivity index (χ1v) is 4.54. The molecule has 0 atom stereocenters. The van der Waals surface area contributed by atoms with Gasteiger partial charge in [0.1, 0.15) is 6.33 Å². The third-order valence-corrected chi connectivity index (χ3v) is 2.11. The van der Waals surface area contributed by atoms with Crippen LogP contribution in [0.1, 0.15) is 5.56 Å². The molecular weight excluding hydrogens is 172 g/mol. The zero-order valence-electron chi connectivity index (χ0n) is 7.85. The molecule has 0 aliphatic heterocycles. The van der Waals surface area contributed by atoms with Crippen LogP contribution in [0.3, 0.4) is 0 Å². The average molecular weight is 183 g/mol. The third kappa shape index (κ3) is 1.79. The van der Waals surface area contributed by atoms with Gasteiger partial charge in [-0.2, -0.15) is 0 Å². The van der Waals surface area contributed by atoms with Gasteiger partial charge in [-0.15, -0.1) is 0 Å². The lowest BCUT2D eigenvalue weighted by atomic mass is 10.0. The molecule has 0 saturated heterocycles. The summed E-state index contributed by atoms with van der Waals surface area (Å²) >= 11 is 0. The van der Waals surface area contributed by atoms with Gasteiger partial charge in [-0.3, -0.25) is 0 Å². The Balaban J connectivity index is 2.42. The maximum atomic E-state index is 3.99. The molecule has 2 nitrogen and oxygen atoms in total. The quantitative estimate of drug-likeness (QED) is 0.715. The van der Waals surface area contributed by atoms with Gasteiger partial charge in [-0.1, -0.05) is 24.3 Å². The van der Waals surface area contributed by atoms with Gasteiger partial charge in [0, 0.05) is 18.0 Å². The monoisotopic (exact) mass is 183 g/mol. The summed E-state index contributed by atoms with van der Waals surface area (Å²) in [6, 6.07) is 8.27. The molecule has 14 heavy (non-hydrogen) atoms. The van der Waals surface area contributed by atoms with Crippen molar-refractivity contribution in [2.45, 2.75) is 6.42 Å². The van der Waals surface area contributed by atoms with Crippen molar-refractivity contribution in [2.75, 3.05) is 0 Å². The van der Waals surface area contributed by atoms with Gasteiger partial charge in [0.25, 0.3) is 0 Å². The Bertz CT molecular complexity index is 410. The first-order chi connectivity index (χ1) is 6.90. The Morgan fingerprint density at radius 3 is 2.57 bits per heavy atom. The van der Waals surface area contributed by atoms with Crippen molar-refractivity contribution in [1.29, 1.82) is 0 Å². The molecule has 0 bridgehead atoms. The van der Waals surface area contributed by atoms with Crippen LogP contribution in [0.5, 0.6) is 0 Å². The minimum Gasteiger partial charge on any atom is -0.244 e. The summed E-state index contributed by atoms with van der Waals surface area (Å²) in [6.07, 6.45) is 5.97. The molecule has 0 saturated carbocycles. The summed E-state index contributed by atoms with van der Waals surface area (Å²) in [7, 11) is 0. The van der Waals surface area contributed by atoms with E-state index in [9.17, 15) is 0 Å². The average Bonchev–Trinajstić information content (AvgIpc) is 2.30. The van der Waals surface area contributed by atoms with Crippen LogP contribution in [0.25, 0.3) is 11.1 Å². The minimum absolute atomic E-state index is 0.807. The lowest BCUT2D eigenvalue weighted by Gasteiger charge is -2.02. The molecule has 0 N–H and O–H groups in total. The fourth-order valence-corrected chi connectivity index (χ4v) is 1.35. The molecule has 1 aromatic heterocycles. The number of hydrogen-bond donors (Lipinski definition) is 0. The highest BCUT2D eigenvalue weighted by molar-refractivity contribution is 5.62. The summed E-state index contributed by atoms with van der Waals surface area (Å²) < 4.78 is 0. The topological polar surface area (TPSA) is 25.8 Å². The predicted molar refractivity (Wildman–Crippen MR) is 56.5 cm³/mol. The zero-order chi connectivity index (χ0) is 9.80. The van der Waals surface area contributed by atoms with E-state index in [1.165, 1.54) is 11.9 Å². The predicted octanol–water partition coefficient (Wildman–Crippen LogP) is 2.52. The Labute approximate surface area is 83.7 Å². The molecule has 0 aliphatic carbocycles. The number of benzene rings is 1. The van der Waals surface area contributed by atoms with E-state index < -0.39 is 0 Å². The summed E-state index contributed by atoms with van der Waals surface area (Å²) in [5, 5.41) is 0. The Kier molecular flexibility index (Phi) is 2.54. The van der Waals surface area contributed by atoms with Crippen LogP contribution in [-0.2, 0) is 6.42 Å². The van der Waals surface area contributed by atoms with E-state index in [0.29, 0.717) is 0 Å². The molecule has 69 valence electrons. The second kappa shape index (κ2) is 4.01. The van der Waals surface area contributed by atoms with E-state index in [1.807, 2.05) is 18.5 Å². The largest absolute Gasteiger partial charge is 0.244 e. The van der Waals surface area contributed by atoms with E-state index in [4.69, 9.17) is 0 Å². The fraction of sp³-hybridized carbons (Fsp3) is 0.0833. The van der Waals surface area contributed by atoms with Gasteiger partial charge in [0.2, 0.25) is 0 Å². The highest BCUT2D eigenvalue weighted by atomic mass is 14.8. The van der Waals surface area contributed by atoms with Crippen molar-refractivity contribution in [1.82, 2.24) is 9.97 Å². The molecule has 0 aliphatic rings. The van der Waals surface area contributed by atoms with Crippen LogP contribution in [0.2, 0.25) is 0 Å². The zero-order valence-corrected chi connectivity index (χ0v) is 7.85. The summed E-state index contributed by atoms with van der Waals surface area (Å²) in [5.74, 6) is 0.